The van der Waals surface area contributed by atoms with E-state index in [4.69, 9.17) is 14.2 Å². The minimum absolute atomic E-state index is 0.167. The molecule has 0 radical (unpaired) electrons. The quantitative estimate of drug-likeness (QED) is 0.380. The van der Waals surface area contributed by atoms with Gasteiger partial charge in [0.15, 0.2) is 28.8 Å². The first-order valence-electron chi connectivity index (χ1n) is 10.5. The molecular weight excluding hydrogens is 577 g/mol. The lowest BCUT2D eigenvalue weighted by atomic mass is 10.1. The highest BCUT2D eigenvalue weighted by Gasteiger charge is 2.37. The molecule has 0 N–H and O–H groups in total. The van der Waals surface area contributed by atoms with Gasteiger partial charge in [-0.1, -0.05) is 0 Å². The number of fused-ring (bicyclic) bond motifs is 3. The number of hydrogen-bond acceptors (Lipinski definition) is 6. The Kier molecular flexibility index (Phi) is 6.28. The Balaban J connectivity index is 1.86. The summed E-state index contributed by atoms with van der Waals surface area (Å²) in [7, 11) is 3.95. The summed E-state index contributed by atoms with van der Waals surface area (Å²) in [5, 5.41) is 0.550. The minimum Gasteiger partial charge on any atom is -0.493 e. The van der Waals surface area contributed by atoms with Gasteiger partial charge in [0, 0.05) is 34.6 Å². The highest BCUT2D eigenvalue weighted by molar-refractivity contribution is 14.1. The van der Waals surface area contributed by atoms with E-state index in [1.165, 1.54) is 36.9 Å². The number of carbonyl (C=O) groups excluding carboxylic acids is 2. The van der Waals surface area contributed by atoms with Gasteiger partial charge in [0.05, 0.1) is 31.8 Å². The van der Waals surface area contributed by atoms with Gasteiger partial charge in [-0.3, -0.25) is 9.80 Å². The Hall–Kier alpha value is -3.16. The lowest BCUT2D eigenvalue weighted by Crippen LogP contribution is -2.46. The average molecular weight is 600 g/mol. The van der Waals surface area contributed by atoms with E-state index in [1.54, 1.807) is 27.0 Å². The van der Waals surface area contributed by atoms with Crippen molar-refractivity contribution in [1.29, 1.82) is 0 Å². The van der Waals surface area contributed by atoms with Gasteiger partial charge in [-0.25, -0.2) is 27.9 Å². The third-order valence-corrected chi connectivity index (χ3v) is 6.23. The molecule has 0 spiro atoms. The monoisotopic (exact) mass is 600 g/mol. The molecule has 3 aromatic rings. The average Bonchev–Trinajstić information content (AvgIpc) is 3.12. The number of rotatable bonds is 3. The van der Waals surface area contributed by atoms with E-state index in [1.807, 2.05) is 22.6 Å². The van der Waals surface area contributed by atoms with Gasteiger partial charge in [-0.15, -0.1) is 0 Å². The number of methoxy groups -OCH3 is 2. The smallest absolute Gasteiger partial charge is 0.420 e. The highest BCUT2D eigenvalue weighted by Crippen LogP contribution is 2.43. The maximum absolute atomic E-state index is 15.2. The van der Waals surface area contributed by atoms with Gasteiger partial charge in [-0.2, -0.15) is 0 Å². The van der Waals surface area contributed by atoms with Crippen LogP contribution in [0.1, 0.15) is 26.3 Å². The van der Waals surface area contributed by atoms with E-state index >= 15 is 8.78 Å². The highest BCUT2D eigenvalue weighted by atomic mass is 127. The van der Waals surface area contributed by atoms with Crippen LogP contribution in [0.25, 0.3) is 11.0 Å². The van der Waals surface area contributed by atoms with Gasteiger partial charge >= 0.3 is 12.1 Å². The first-order chi connectivity index (χ1) is 16.4. The number of urea groups is 1. The van der Waals surface area contributed by atoms with E-state index in [0.29, 0.717) is 25.9 Å². The molecule has 0 fully saturated rings. The molecule has 4 rings (SSSR count). The third-order valence-electron chi connectivity index (χ3n) is 5.41. The second kappa shape index (κ2) is 8.81. The Labute approximate surface area is 213 Å². The summed E-state index contributed by atoms with van der Waals surface area (Å²) >= 11 is 2.05. The summed E-state index contributed by atoms with van der Waals surface area (Å²) in [6.45, 7) is 5.09. The standard InChI is InChI=1S/C23H23F2IN4O5/c1-23(2,3)35-22(32)30-10-12(26)15-18-11(8-27-20(15)30)9-29(21(31)28(18)4)19-16(24)13(33-5)7-14(34-6)17(19)25/h7-8,10H,9H2,1-6H3. The van der Waals surface area contributed by atoms with Crippen molar-refractivity contribution in [2.45, 2.75) is 32.9 Å². The zero-order valence-corrected chi connectivity index (χ0v) is 22.1. The van der Waals surface area contributed by atoms with Crippen LogP contribution >= 0.6 is 22.6 Å². The van der Waals surface area contributed by atoms with E-state index in [9.17, 15) is 9.59 Å². The molecule has 35 heavy (non-hydrogen) atoms. The predicted octanol–water partition coefficient (Wildman–Crippen LogP) is 5.30. The van der Waals surface area contributed by atoms with E-state index in [2.05, 4.69) is 4.98 Å². The van der Waals surface area contributed by atoms with Crippen molar-refractivity contribution in [1.82, 2.24) is 9.55 Å². The van der Waals surface area contributed by atoms with Gasteiger partial charge in [0.1, 0.15) is 11.3 Å². The minimum atomic E-state index is -1.03. The Morgan fingerprint density at radius 1 is 1.11 bits per heavy atom. The van der Waals surface area contributed by atoms with Crippen LogP contribution in [0.15, 0.2) is 18.5 Å². The van der Waals surface area contributed by atoms with Gasteiger partial charge in [0.25, 0.3) is 0 Å². The van der Waals surface area contributed by atoms with Crippen molar-refractivity contribution in [3.05, 3.63) is 39.2 Å². The van der Waals surface area contributed by atoms with E-state index < -0.39 is 35.0 Å². The third kappa shape index (κ3) is 4.13. The van der Waals surface area contributed by atoms with Crippen LogP contribution in [0.5, 0.6) is 11.5 Å². The predicted molar refractivity (Wildman–Crippen MR) is 134 cm³/mol. The number of aromatic nitrogens is 2. The Bertz CT molecular complexity index is 1340. The van der Waals surface area contributed by atoms with Crippen molar-refractivity contribution in [2.24, 2.45) is 0 Å². The fraction of sp³-hybridized carbons (Fsp3) is 0.348. The van der Waals surface area contributed by atoms with Gasteiger partial charge in [0.2, 0.25) is 0 Å². The largest absolute Gasteiger partial charge is 0.493 e. The van der Waals surface area contributed by atoms with Gasteiger partial charge < -0.3 is 14.2 Å². The number of hydrogen-bond donors (Lipinski definition) is 0. The molecule has 0 saturated heterocycles. The van der Waals surface area contributed by atoms with E-state index in [-0.39, 0.29) is 18.0 Å². The molecule has 3 heterocycles. The molecular formula is C23H23F2IN4O5. The molecule has 1 aliphatic rings. The fourth-order valence-corrected chi connectivity index (χ4v) is 4.70. The van der Waals surface area contributed by atoms with Crippen LogP contribution in [-0.2, 0) is 11.3 Å². The molecule has 0 bridgehead atoms. The first kappa shape index (κ1) is 24.9. The molecule has 0 aliphatic carbocycles. The molecule has 0 atom stereocenters. The van der Waals surface area contributed by atoms with E-state index in [0.717, 1.165) is 11.0 Å². The van der Waals surface area contributed by atoms with Crippen LogP contribution < -0.4 is 19.3 Å². The molecule has 12 heteroatoms. The SMILES string of the molecule is COc1cc(OC)c(F)c(N2Cc3cnc4c(c(I)cn4C(=O)OC(C)(C)C)c3N(C)C2=O)c1F. The maximum atomic E-state index is 15.2. The molecule has 0 saturated carbocycles. The number of anilines is 2. The number of pyridine rings is 1. The molecule has 9 nitrogen and oxygen atoms in total. The number of ether oxygens (including phenoxy) is 3. The number of nitrogens with zero attached hydrogens (tertiary/aromatic N) is 4. The summed E-state index contributed by atoms with van der Waals surface area (Å²) in [6, 6.07) is 0.395. The normalized spacial score (nSPS) is 13.8. The van der Waals surface area contributed by atoms with Crippen molar-refractivity contribution in [3.8, 4) is 11.5 Å². The maximum Gasteiger partial charge on any atom is 0.420 e. The molecule has 2 aromatic heterocycles. The second-order valence-electron chi connectivity index (χ2n) is 8.84. The molecule has 0 unspecified atom stereocenters. The van der Waals surface area contributed by atoms with Crippen LogP contribution in [0.4, 0.5) is 29.7 Å². The molecule has 1 aliphatic heterocycles. The van der Waals surface area contributed by atoms with Crippen LogP contribution in [0, 0.1) is 15.2 Å². The van der Waals surface area contributed by atoms with Crippen molar-refractivity contribution in [3.63, 3.8) is 0 Å². The number of amides is 2. The Morgan fingerprint density at radius 3 is 2.26 bits per heavy atom. The number of halogens is 3. The van der Waals surface area contributed by atoms with Gasteiger partial charge in [-0.05, 0) is 43.4 Å². The molecule has 2 amide bonds. The van der Waals surface area contributed by atoms with Crippen molar-refractivity contribution >= 4 is 57.1 Å². The lowest BCUT2D eigenvalue weighted by Gasteiger charge is -2.35. The zero-order valence-electron chi connectivity index (χ0n) is 19.9. The molecule has 1 aromatic carbocycles. The first-order valence-corrected chi connectivity index (χ1v) is 11.5. The Morgan fingerprint density at radius 2 is 1.71 bits per heavy atom. The summed E-state index contributed by atoms with van der Waals surface area (Å²) in [6.07, 6.45) is 2.43. The van der Waals surface area contributed by atoms with Crippen LogP contribution in [0.3, 0.4) is 0 Å². The number of benzene rings is 1. The lowest BCUT2D eigenvalue weighted by molar-refractivity contribution is 0.0543. The van der Waals surface area contributed by atoms with Crippen molar-refractivity contribution < 1.29 is 32.6 Å². The topological polar surface area (TPSA) is 86.1 Å². The summed E-state index contributed by atoms with van der Waals surface area (Å²) < 4.78 is 47.7. The van der Waals surface area contributed by atoms with Crippen LogP contribution in [-0.4, -0.2) is 48.5 Å². The number of carbonyl (C=O) groups is 2. The zero-order chi connectivity index (χ0) is 25.8. The second-order valence-corrected chi connectivity index (χ2v) is 10.0. The summed E-state index contributed by atoms with van der Waals surface area (Å²) in [4.78, 5) is 32.8. The van der Waals surface area contributed by atoms with Crippen molar-refractivity contribution in [2.75, 3.05) is 31.1 Å². The summed E-state index contributed by atoms with van der Waals surface area (Å²) in [5.41, 5.74) is 0.00592. The molecule has 186 valence electrons. The fourth-order valence-electron chi connectivity index (χ4n) is 3.92. The summed E-state index contributed by atoms with van der Waals surface area (Å²) in [5.74, 6) is -2.60. The van der Waals surface area contributed by atoms with Crippen LogP contribution in [0.2, 0.25) is 0 Å².